The zero-order valence-electron chi connectivity index (χ0n) is 14.3. The third kappa shape index (κ3) is 3.52. The number of rotatable bonds is 3. The summed E-state index contributed by atoms with van der Waals surface area (Å²) in [5, 5.41) is 9.01. The van der Waals surface area contributed by atoms with Gasteiger partial charge in [0.05, 0.1) is 16.8 Å². The van der Waals surface area contributed by atoms with Gasteiger partial charge in [0.2, 0.25) is 5.91 Å². The highest BCUT2D eigenvalue weighted by molar-refractivity contribution is 6.11. The first-order valence-corrected chi connectivity index (χ1v) is 7.82. The Morgan fingerprint density at radius 3 is 2.22 bits per heavy atom. The fourth-order valence-corrected chi connectivity index (χ4v) is 2.58. The predicted octanol–water partition coefficient (Wildman–Crippen LogP) is 2.42. The fourth-order valence-electron chi connectivity index (χ4n) is 2.58. The Morgan fingerprint density at radius 2 is 1.59 bits per heavy atom. The number of hydrogen-bond acceptors (Lipinski definition) is 4. The molecule has 2 amide bonds. The molecule has 0 spiro atoms. The second-order valence-corrected chi connectivity index (χ2v) is 5.77. The maximum absolute atomic E-state index is 14.1. The van der Waals surface area contributed by atoms with Crippen molar-refractivity contribution in [2.75, 3.05) is 10.6 Å². The number of carbonyl (C=O) groups is 2. The zero-order valence-corrected chi connectivity index (χ0v) is 14.3. The van der Waals surface area contributed by atoms with Crippen LogP contribution in [0, 0.1) is 11.6 Å². The van der Waals surface area contributed by atoms with Crippen molar-refractivity contribution in [1.29, 1.82) is 0 Å². The lowest BCUT2D eigenvalue weighted by Crippen LogP contribution is -2.25. The van der Waals surface area contributed by atoms with E-state index in [1.807, 2.05) is 0 Å². The van der Waals surface area contributed by atoms with Crippen molar-refractivity contribution in [1.82, 2.24) is 9.78 Å². The van der Waals surface area contributed by atoms with Crippen LogP contribution >= 0.6 is 0 Å². The van der Waals surface area contributed by atoms with Gasteiger partial charge in [-0.15, -0.1) is 0 Å². The Kier molecular flexibility index (Phi) is 4.68. The molecule has 2 aromatic carbocycles. The molecule has 0 aliphatic rings. The maximum Gasteiger partial charge on any atom is 0.276 e. The second-order valence-electron chi connectivity index (χ2n) is 5.77. The lowest BCUT2D eigenvalue weighted by atomic mass is 10.1. The summed E-state index contributed by atoms with van der Waals surface area (Å²) in [6, 6.07) is 7.88. The first kappa shape index (κ1) is 18.2. The molecule has 0 unspecified atom stereocenters. The number of amides is 2. The van der Waals surface area contributed by atoms with Crippen LogP contribution in [0.25, 0.3) is 10.8 Å². The van der Waals surface area contributed by atoms with Gasteiger partial charge in [-0.05, 0) is 12.1 Å². The number of nitrogens with zero attached hydrogens (tertiary/aromatic N) is 2. The topological polar surface area (TPSA) is 93.1 Å². The zero-order chi connectivity index (χ0) is 19.7. The van der Waals surface area contributed by atoms with Crippen LogP contribution in [0.1, 0.15) is 17.4 Å². The molecule has 2 N–H and O–H groups in total. The number of benzene rings is 2. The van der Waals surface area contributed by atoms with E-state index in [2.05, 4.69) is 15.7 Å². The van der Waals surface area contributed by atoms with Crippen molar-refractivity contribution in [3.05, 3.63) is 64.1 Å². The Morgan fingerprint density at radius 1 is 1.00 bits per heavy atom. The molecular weight excluding hydrogens is 358 g/mol. The number of aromatic nitrogens is 2. The largest absolute Gasteiger partial charge is 0.324 e. The van der Waals surface area contributed by atoms with Crippen LogP contribution in [0.3, 0.4) is 0 Å². The minimum atomic E-state index is -1.02. The highest BCUT2D eigenvalue weighted by Crippen LogP contribution is 2.24. The minimum Gasteiger partial charge on any atom is -0.324 e. The summed E-state index contributed by atoms with van der Waals surface area (Å²) in [5.74, 6) is -3.35. The molecule has 27 heavy (non-hydrogen) atoms. The Balaban J connectivity index is 2.04. The third-order valence-electron chi connectivity index (χ3n) is 3.79. The average molecular weight is 372 g/mol. The van der Waals surface area contributed by atoms with Crippen molar-refractivity contribution in [2.45, 2.75) is 6.92 Å². The van der Waals surface area contributed by atoms with Gasteiger partial charge in [0.25, 0.3) is 11.5 Å². The molecule has 0 saturated carbocycles. The standard InChI is InChI=1S/C18H14F2N4O3/c1-9(25)21-14-8-15(13(20)7-12(14)19)22-17(26)16-10-5-3-4-6-11(10)18(27)24(2)23-16/h3-8H,1-2H3,(H,21,25)(H,22,26). The lowest BCUT2D eigenvalue weighted by molar-refractivity contribution is -0.114. The van der Waals surface area contributed by atoms with Crippen LogP contribution in [-0.2, 0) is 11.8 Å². The third-order valence-corrected chi connectivity index (χ3v) is 3.79. The fraction of sp³-hybridized carbons (Fsp3) is 0.111. The molecule has 0 bridgehead atoms. The molecule has 0 aliphatic carbocycles. The van der Waals surface area contributed by atoms with Gasteiger partial charge in [0.15, 0.2) is 5.69 Å². The van der Waals surface area contributed by atoms with E-state index in [0.29, 0.717) is 11.5 Å². The van der Waals surface area contributed by atoms with Gasteiger partial charge in [0, 0.05) is 25.4 Å². The van der Waals surface area contributed by atoms with E-state index in [4.69, 9.17) is 0 Å². The van der Waals surface area contributed by atoms with Gasteiger partial charge in [0.1, 0.15) is 11.6 Å². The molecule has 138 valence electrons. The monoisotopic (exact) mass is 372 g/mol. The van der Waals surface area contributed by atoms with Crippen LogP contribution < -0.4 is 16.2 Å². The van der Waals surface area contributed by atoms with Gasteiger partial charge < -0.3 is 10.6 Å². The summed E-state index contributed by atoms with van der Waals surface area (Å²) >= 11 is 0. The molecule has 0 aliphatic heterocycles. The highest BCUT2D eigenvalue weighted by atomic mass is 19.1. The SMILES string of the molecule is CC(=O)Nc1cc(NC(=O)c2nn(C)c(=O)c3ccccc23)c(F)cc1F. The molecule has 1 aromatic heterocycles. The number of aryl methyl sites for hydroxylation is 1. The van der Waals surface area contributed by atoms with E-state index in [9.17, 15) is 23.2 Å². The normalized spacial score (nSPS) is 10.7. The Hall–Kier alpha value is -3.62. The summed E-state index contributed by atoms with van der Waals surface area (Å²) < 4.78 is 28.8. The van der Waals surface area contributed by atoms with Crippen LogP contribution in [0.15, 0.2) is 41.2 Å². The number of fused-ring (bicyclic) bond motifs is 1. The quantitative estimate of drug-likeness (QED) is 0.738. The van der Waals surface area contributed by atoms with Crippen LogP contribution in [0.2, 0.25) is 0 Å². The van der Waals surface area contributed by atoms with E-state index in [-0.39, 0.29) is 28.0 Å². The summed E-state index contributed by atoms with van der Waals surface area (Å²) in [5.41, 5.74) is -1.11. The molecule has 3 aromatic rings. The number of nitrogens with one attached hydrogen (secondary N) is 2. The molecule has 0 saturated heterocycles. The number of anilines is 2. The molecule has 9 heteroatoms. The van der Waals surface area contributed by atoms with E-state index in [0.717, 1.165) is 10.7 Å². The van der Waals surface area contributed by atoms with E-state index in [1.165, 1.54) is 14.0 Å². The average Bonchev–Trinajstić information content (AvgIpc) is 2.61. The molecule has 0 fully saturated rings. The minimum absolute atomic E-state index is 0.0995. The van der Waals surface area contributed by atoms with E-state index < -0.39 is 23.4 Å². The number of hydrogen-bond donors (Lipinski definition) is 2. The van der Waals surface area contributed by atoms with Gasteiger partial charge in [-0.3, -0.25) is 14.4 Å². The number of carbonyl (C=O) groups excluding carboxylic acids is 2. The van der Waals surface area contributed by atoms with Crippen LogP contribution in [0.4, 0.5) is 20.2 Å². The lowest BCUT2D eigenvalue weighted by Gasteiger charge is -2.11. The first-order valence-electron chi connectivity index (χ1n) is 7.82. The number of halogens is 2. The van der Waals surface area contributed by atoms with Gasteiger partial charge in [-0.1, -0.05) is 18.2 Å². The molecule has 1 heterocycles. The summed E-state index contributed by atoms with van der Waals surface area (Å²) in [4.78, 5) is 35.9. The van der Waals surface area contributed by atoms with Gasteiger partial charge >= 0.3 is 0 Å². The highest BCUT2D eigenvalue weighted by Gasteiger charge is 2.18. The van der Waals surface area contributed by atoms with Crippen molar-refractivity contribution in [2.24, 2.45) is 7.05 Å². The summed E-state index contributed by atoms with van der Waals surface area (Å²) in [6.45, 7) is 1.17. The van der Waals surface area contributed by atoms with E-state index in [1.54, 1.807) is 24.3 Å². The maximum atomic E-state index is 14.1. The molecule has 0 radical (unpaired) electrons. The van der Waals surface area contributed by atoms with Crippen molar-refractivity contribution in [3.63, 3.8) is 0 Å². The molecular formula is C18H14F2N4O3. The first-order chi connectivity index (χ1) is 12.8. The van der Waals surface area contributed by atoms with Crippen molar-refractivity contribution in [3.8, 4) is 0 Å². The Labute approximate surface area is 151 Å². The summed E-state index contributed by atoms with van der Waals surface area (Å²) in [7, 11) is 1.39. The summed E-state index contributed by atoms with van der Waals surface area (Å²) in [6.07, 6.45) is 0. The Bertz CT molecular complexity index is 1140. The molecule has 7 nitrogen and oxygen atoms in total. The predicted molar refractivity (Wildman–Crippen MR) is 95.6 cm³/mol. The van der Waals surface area contributed by atoms with Crippen molar-refractivity contribution < 1.29 is 18.4 Å². The molecule has 0 atom stereocenters. The van der Waals surface area contributed by atoms with Gasteiger partial charge in [-0.25, -0.2) is 13.5 Å². The van der Waals surface area contributed by atoms with Crippen LogP contribution in [-0.4, -0.2) is 21.6 Å². The smallest absolute Gasteiger partial charge is 0.276 e. The van der Waals surface area contributed by atoms with Gasteiger partial charge in [-0.2, -0.15) is 5.10 Å². The van der Waals surface area contributed by atoms with E-state index >= 15 is 0 Å². The second kappa shape index (κ2) is 6.94. The molecule has 3 rings (SSSR count). The van der Waals surface area contributed by atoms with Crippen molar-refractivity contribution >= 4 is 34.0 Å². The van der Waals surface area contributed by atoms with Crippen LogP contribution in [0.5, 0.6) is 0 Å².